The van der Waals surface area contributed by atoms with E-state index in [2.05, 4.69) is 10.6 Å². The molecule has 0 saturated heterocycles. The molecule has 0 aliphatic heterocycles. The summed E-state index contributed by atoms with van der Waals surface area (Å²) in [6.07, 6.45) is 2.11. The SMILES string of the molecule is COc1ccc(C)cc1NC(=O)NC1CCCC1C(=O)O. The summed E-state index contributed by atoms with van der Waals surface area (Å²) in [6.45, 7) is 1.92. The van der Waals surface area contributed by atoms with Gasteiger partial charge in [0, 0.05) is 6.04 Å². The number of hydrogen-bond donors (Lipinski definition) is 3. The predicted octanol–water partition coefficient (Wildman–Crippen LogP) is 2.38. The van der Waals surface area contributed by atoms with Crippen LogP contribution in [0, 0.1) is 12.8 Å². The van der Waals surface area contributed by atoms with E-state index in [-0.39, 0.29) is 6.04 Å². The number of ether oxygens (including phenoxy) is 1. The quantitative estimate of drug-likeness (QED) is 0.795. The molecule has 6 heteroatoms. The van der Waals surface area contributed by atoms with Gasteiger partial charge in [0.25, 0.3) is 0 Å². The highest BCUT2D eigenvalue weighted by Gasteiger charge is 2.33. The van der Waals surface area contributed by atoms with Crippen molar-refractivity contribution in [1.29, 1.82) is 0 Å². The molecular weight excluding hydrogens is 272 g/mol. The largest absolute Gasteiger partial charge is 0.495 e. The first-order chi connectivity index (χ1) is 10.0. The minimum absolute atomic E-state index is 0.321. The molecule has 2 unspecified atom stereocenters. The average molecular weight is 292 g/mol. The third kappa shape index (κ3) is 3.65. The molecule has 2 amide bonds. The summed E-state index contributed by atoms with van der Waals surface area (Å²) in [6, 6.07) is 4.75. The fraction of sp³-hybridized carbons (Fsp3) is 0.467. The Kier molecular flexibility index (Phi) is 4.67. The summed E-state index contributed by atoms with van der Waals surface area (Å²) >= 11 is 0. The van der Waals surface area contributed by atoms with Gasteiger partial charge in [0.1, 0.15) is 5.75 Å². The van der Waals surface area contributed by atoms with E-state index in [9.17, 15) is 9.59 Å². The maximum Gasteiger partial charge on any atom is 0.319 e. The topological polar surface area (TPSA) is 87.7 Å². The normalized spacial score (nSPS) is 20.9. The Bertz CT molecular complexity index is 544. The van der Waals surface area contributed by atoms with Gasteiger partial charge in [0.05, 0.1) is 18.7 Å². The first-order valence-electron chi connectivity index (χ1n) is 6.96. The lowest BCUT2D eigenvalue weighted by atomic mass is 10.0. The molecule has 21 heavy (non-hydrogen) atoms. The van der Waals surface area contributed by atoms with Crippen molar-refractivity contribution in [3.63, 3.8) is 0 Å². The van der Waals surface area contributed by atoms with Gasteiger partial charge in [0.15, 0.2) is 0 Å². The fourth-order valence-electron chi connectivity index (χ4n) is 2.67. The van der Waals surface area contributed by atoms with Crippen LogP contribution in [-0.2, 0) is 4.79 Å². The number of carboxylic acid groups (broad SMARTS) is 1. The van der Waals surface area contributed by atoms with E-state index in [0.717, 1.165) is 12.0 Å². The van der Waals surface area contributed by atoms with Gasteiger partial charge in [-0.3, -0.25) is 4.79 Å². The van der Waals surface area contributed by atoms with Gasteiger partial charge >= 0.3 is 12.0 Å². The second kappa shape index (κ2) is 6.47. The molecular formula is C15H20N2O4. The molecule has 0 spiro atoms. The molecule has 0 bridgehead atoms. The van der Waals surface area contributed by atoms with E-state index in [0.29, 0.717) is 24.3 Å². The van der Waals surface area contributed by atoms with Crippen LogP contribution in [0.4, 0.5) is 10.5 Å². The van der Waals surface area contributed by atoms with Gasteiger partial charge in [-0.1, -0.05) is 12.5 Å². The summed E-state index contributed by atoms with van der Waals surface area (Å²) in [7, 11) is 1.53. The number of amides is 2. The van der Waals surface area contributed by atoms with Gasteiger partial charge in [0.2, 0.25) is 0 Å². The summed E-state index contributed by atoms with van der Waals surface area (Å²) in [5.41, 5.74) is 1.57. The van der Waals surface area contributed by atoms with Gasteiger partial charge in [-0.15, -0.1) is 0 Å². The molecule has 1 aliphatic rings. The molecule has 0 aromatic heterocycles. The Morgan fingerprint density at radius 1 is 1.33 bits per heavy atom. The van der Waals surface area contributed by atoms with Crippen LogP contribution in [0.5, 0.6) is 5.75 Å². The minimum Gasteiger partial charge on any atom is -0.495 e. The number of hydrogen-bond acceptors (Lipinski definition) is 3. The number of anilines is 1. The van der Waals surface area contributed by atoms with Crippen molar-refractivity contribution in [2.45, 2.75) is 32.2 Å². The fourth-order valence-corrected chi connectivity index (χ4v) is 2.67. The van der Waals surface area contributed by atoms with E-state index in [1.54, 1.807) is 6.07 Å². The average Bonchev–Trinajstić information content (AvgIpc) is 2.87. The Hall–Kier alpha value is -2.24. The molecule has 1 aliphatic carbocycles. The smallest absolute Gasteiger partial charge is 0.319 e. The lowest BCUT2D eigenvalue weighted by molar-refractivity contribution is -0.142. The highest BCUT2D eigenvalue weighted by molar-refractivity contribution is 5.91. The highest BCUT2D eigenvalue weighted by Crippen LogP contribution is 2.27. The molecule has 2 atom stereocenters. The molecule has 6 nitrogen and oxygen atoms in total. The molecule has 0 heterocycles. The van der Waals surface area contributed by atoms with Crippen molar-refractivity contribution < 1.29 is 19.4 Å². The number of methoxy groups -OCH3 is 1. The van der Waals surface area contributed by atoms with Gasteiger partial charge in [-0.05, 0) is 37.5 Å². The van der Waals surface area contributed by atoms with Crippen molar-refractivity contribution in [3.05, 3.63) is 23.8 Å². The lowest BCUT2D eigenvalue weighted by Gasteiger charge is -2.18. The van der Waals surface area contributed by atoms with Crippen molar-refractivity contribution in [3.8, 4) is 5.75 Å². The zero-order chi connectivity index (χ0) is 15.4. The first-order valence-corrected chi connectivity index (χ1v) is 6.96. The van der Waals surface area contributed by atoms with E-state index in [4.69, 9.17) is 9.84 Å². The minimum atomic E-state index is -0.856. The summed E-state index contributed by atoms with van der Waals surface area (Å²) in [5, 5.41) is 14.6. The number of rotatable bonds is 4. The predicted molar refractivity (Wildman–Crippen MR) is 78.7 cm³/mol. The van der Waals surface area contributed by atoms with E-state index in [1.807, 2.05) is 19.1 Å². The summed E-state index contributed by atoms with van der Waals surface area (Å²) in [5.74, 6) is -0.793. The van der Waals surface area contributed by atoms with E-state index < -0.39 is 17.9 Å². The number of aryl methyl sites for hydroxylation is 1. The molecule has 1 fully saturated rings. The second-order valence-electron chi connectivity index (χ2n) is 5.28. The number of benzene rings is 1. The summed E-state index contributed by atoms with van der Waals surface area (Å²) in [4.78, 5) is 23.2. The van der Waals surface area contributed by atoms with Crippen molar-refractivity contribution in [2.75, 3.05) is 12.4 Å². The maximum atomic E-state index is 12.0. The van der Waals surface area contributed by atoms with E-state index >= 15 is 0 Å². The number of aliphatic carboxylic acids is 1. The third-order valence-electron chi connectivity index (χ3n) is 3.75. The monoisotopic (exact) mass is 292 g/mol. The first kappa shape index (κ1) is 15.2. The van der Waals surface area contributed by atoms with Crippen molar-refractivity contribution >= 4 is 17.7 Å². The van der Waals surface area contributed by atoms with Crippen LogP contribution in [0.1, 0.15) is 24.8 Å². The Labute approximate surface area is 123 Å². The molecule has 0 radical (unpaired) electrons. The molecule has 114 valence electrons. The number of nitrogens with one attached hydrogen (secondary N) is 2. The van der Waals surface area contributed by atoms with Crippen molar-refractivity contribution in [2.24, 2.45) is 5.92 Å². The highest BCUT2D eigenvalue weighted by atomic mass is 16.5. The lowest BCUT2D eigenvalue weighted by Crippen LogP contribution is -2.42. The molecule has 1 aromatic carbocycles. The zero-order valence-corrected chi connectivity index (χ0v) is 12.2. The van der Waals surface area contributed by atoms with Crippen LogP contribution in [0.2, 0.25) is 0 Å². The number of urea groups is 1. The van der Waals surface area contributed by atoms with Crippen molar-refractivity contribution in [1.82, 2.24) is 5.32 Å². The molecule has 2 rings (SSSR count). The van der Waals surface area contributed by atoms with Crippen LogP contribution >= 0.6 is 0 Å². The van der Waals surface area contributed by atoms with Gasteiger partial charge in [-0.2, -0.15) is 0 Å². The van der Waals surface area contributed by atoms with Crippen LogP contribution in [0.25, 0.3) is 0 Å². The third-order valence-corrected chi connectivity index (χ3v) is 3.75. The molecule has 1 saturated carbocycles. The molecule has 3 N–H and O–H groups in total. The van der Waals surface area contributed by atoms with Gasteiger partial charge in [-0.25, -0.2) is 4.79 Å². The van der Waals surface area contributed by atoms with Crippen LogP contribution in [0.3, 0.4) is 0 Å². The Morgan fingerprint density at radius 3 is 2.76 bits per heavy atom. The van der Waals surface area contributed by atoms with E-state index in [1.165, 1.54) is 7.11 Å². The standard InChI is InChI=1S/C15H20N2O4/c1-9-6-7-13(21-2)12(8-9)17-15(20)16-11-5-3-4-10(11)14(18)19/h6-8,10-11H,3-5H2,1-2H3,(H,18,19)(H2,16,17,20). The van der Waals surface area contributed by atoms with Crippen LogP contribution < -0.4 is 15.4 Å². The second-order valence-corrected chi connectivity index (χ2v) is 5.28. The number of carbonyl (C=O) groups is 2. The zero-order valence-electron chi connectivity index (χ0n) is 12.2. The number of carboxylic acids is 1. The Balaban J connectivity index is 2.02. The molecule has 1 aromatic rings. The van der Waals surface area contributed by atoms with Crippen LogP contribution in [0.15, 0.2) is 18.2 Å². The number of carbonyl (C=O) groups excluding carboxylic acids is 1. The van der Waals surface area contributed by atoms with Gasteiger partial charge < -0.3 is 20.5 Å². The van der Waals surface area contributed by atoms with Crippen LogP contribution in [-0.4, -0.2) is 30.3 Å². The summed E-state index contributed by atoms with van der Waals surface area (Å²) < 4.78 is 5.19. The maximum absolute atomic E-state index is 12.0. The Morgan fingerprint density at radius 2 is 2.10 bits per heavy atom.